The minimum absolute atomic E-state index is 0.369. The van der Waals surface area contributed by atoms with Gasteiger partial charge in [-0.15, -0.1) is 0 Å². The van der Waals surface area contributed by atoms with Crippen LogP contribution >= 0.6 is 0 Å². The Hall–Kier alpha value is -1.06. The molecule has 0 bridgehead atoms. The van der Waals surface area contributed by atoms with Gasteiger partial charge in [0.25, 0.3) is 0 Å². The number of hydrogen-bond donors (Lipinski definition) is 2. The third-order valence-electron chi connectivity index (χ3n) is 2.24. The van der Waals surface area contributed by atoms with Crippen LogP contribution in [0.2, 0.25) is 0 Å². The van der Waals surface area contributed by atoms with Gasteiger partial charge in [-0.3, -0.25) is 9.59 Å². The normalized spacial score (nSPS) is 12.4. The molecule has 1 unspecified atom stereocenters. The first-order valence-electron chi connectivity index (χ1n) is 5.11. The number of carboxylic acids is 1. The monoisotopic (exact) mass is 201 g/mol. The zero-order valence-electron chi connectivity index (χ0n) is 8.66. The molecule has 0 saturated carbocycles. The average molecular weight is 201 g/mol. The summed E-state index contributed by atoms with van der Waals surface area (Å²) in [6.45, 7) is 2.11. The van der Waals surface area contributed by atoms with Crippen molar-refractivity contribution < 1.29 is 14.7 Å². The quantitative estimate of drug-likeness (QED) is 0.461. The molecular weight excluding hydrogens is 182 g/mol. The van der Waals surface area contributed by atoms with E-state index in [-0.39, 0.29) is 0 Å². The van der Waals surface area contributed by atoms with Gasteiger partial charge in [0.2, 0.25) is 5.91 Å². The van der Waals surface area contributed by atoms with E-state index in [9.17, 15) is 9.59 Å². The van der Waals surface area contributed by atoms with E-state index in [1.54, 1.807) is 0 Å². The van der Waals surface area contributed by atoms with Crippen molar-refractivity contribution in [2.45, 2.75) is 45.4 Å². The van der Waals surface area contributed by atoms with Crippen LogP contribution in [0.5, 0.6) is 0 Å². The molecule has 0 aliphatic heterocycles. The van der Waals surface area contributed by atoms with E-state index in [0.29, 0.717) is 6.42 Å². The molecule has 82 valence electrons. The summed E-state index contributed by atoms with van der Waals surface area (Å²) < 4.78 is 0. The molecule has 0 rings (SSSR count). The largest absolute Gasteiger partial charge is 0.481 e. The van der Waals surface area contributed by atoms with Crippen LogP contribution in [0.15, 0.2) is 0 Å². The Morgan fingerprint density at radius 2 is 1.79 bits per heavy atom. The molecule has 0 aromatic heterocycles. The number of aliphatic carboxylic acids is 1. The van der Waals surface area contributed by atoms with E-state index in [0.717, 1.165) is 32.1 Å². The Labute approximate surface area is 84.5 Å². The third kappa shape index (κ3) is 5.56. The molecule has 0 aliphatic carbocycles. The predicted octanol–water partition coefficient (Wildman–Crippen LogP) is 1.53. The van der Waals surface area contributed by atoms with Crippen LogP contribution in [-0.2, 0) is 9.59 Å². The van der Waals surface area contributed by atoms with Gasteiger partial charge in [0.1, 0.15) is 5.92 Å². The average Bonchev–Trinajstić information content (AvgIpc) is 2.09. The number of carbonyl (C=O) groups excluding carboxylic acids is 1. The first kappa shape index (κ1) is 12.9. The Bertz CT molecular complexity index is 178. The first-order chi connectivity index (χ1) is 6.59. The van der Waals surface area contributed by atoms with Gasteiger partial charge in [0, 0.05) is 0 Å². The number of unbranched alkanes of at least 4 members (excludes halogenated alkanes) is 4. The molecule has 0 saturated heterocycles. The molecule has 4 heteroatoms. The Morgan fingerprint density at radius 1 is 1.21 bits per heavy atom. The topological polar surface area (TPSA) is 80.4 Å². The summed E-state index contributed by atoms with van der Waals surface area (Å²) in [6.07, 6.45) is 5.52. The number of rotatable bonds is 8. The summed E-state index contributed by atoms with van der Waals surface area (Å²) in [4.78, 5) is 21.3. The number of carboxylic acid groups (broad SMARTS) is 1. The van der Waals surface area contributed by atoms with Crippen molar-refractivity contribution >= 4 is 11.9 Å². The lowest BCUT2D eigenvalue weighted by Gasteiger charge is -2.07. The van der Waals surface area contributed by atoms with E-state index >= 15 is 0 Å². The maximum atomic E-state index is 10.7. The maximum absolute atomic E-state index is 10.7. The molecule has 0 spiro atoms. The maximum Gasteiger partial charge on any atom is 0.316 e. The van der Waals surface area contributed by atoms with Crippen LogP contribution in [0.4, 0.5) is 0 Å². The van der Waals surface area contributed by atoms with Crippen LogP contribution < -0.4 is 5.73 Å². The highest BCUT2D eigenvalue weighted by Crippen LogP contribution is 2.11. The summed E-state index contributed by atoms with van der Waals surface area (Å²) in [5.41, 5.74) is 4.96. The smallest absolute Gasteiger partial charge is 0.316 e. The Balaban J connectivity index is 3.62. The fourth-order valence-corrected chi connectivity index (χ4v) is 1.34. The lowest BCUT2D eigenvalue weighted by molar-refractivity contribution is -0.146. The van der Waals surface area contributed by atoms with Crippen molar-refractivity contribution in [2.75, 3.05) is 0 Å². The SMILES string of the molecule is CCCCCCCC(C(N)=O)C(=O)O. The molecule has 1 atom stereocenters. The van der Waals surface area contributed by atoms with Crippen molar-refractivity contribution in [1.82, 2.24) is 0 Å². The molecule has 0 aromatic rings. The van der Waals surface area contributed by atoms with Crippen molar-refractivity contribution in [3.8, 4) is 0 Å². The highest BCUT2D eigenvalue weighted by Gasteiger charge is 2.22. The van der Waals surface area contributed by atoms with Crippen LogP contribution in [-0.4, -0.2) is 17.0 Å². The van der Waals surface area contributed by atoms with E-state index in [1.165, 1.54) is 0 Å². The standard InChI is InChI=1S/C10H19NO3/c1-2-3-4-5-6-7-8(9(11)12)10(13)14/h8H,2-7H2,1H3,(H2,11,12)(H,13,14). The summed E-state index contributed by atoms with van der Waals surface area (Å²) in [7, 11) is 0. The fraction of sp³-hybridized carbons (Fsp3) is 0.800. The number of hydrogen-bond acceptors (Lipinski definition) is 2. The summed E-state index contributed by atoms with van der Waals surface area (Å²) in [5.74, 6) is -2.84. The number of amides is 1. The van der Waals surface area contributed by atoms with Crippen molar-refractivity contribution in [3.63, 3.8) is 0 Å². The highest BCUT2D eigenvalue weighted by molar-refractivity contribution is 5.95. The molecule has 14 heavy (non-hydrogen) atoms. The molecule has 0 radical (unpaired) electrons. The van der Waals surface area contributed by atoms with Gasteiger partial charge < -0.3 is 10.8 Å². The number of primary amides is 1. The Kier molecular flexibility index (Phi) is 6.80. The molecular formula is C10H19NO3. The third-order valence-corrected chi connectivity index (χ3v) is 2.24. The lowest BCUT2D eigenvalue weighted by Crippen LogP contribution is -2.30. The highest BCUT2D eigenvalue weighted by atomic mass is 16.4. The second kappa shape index (κ2) is 7.35. The van der Waals surface area contributed by atoms with Gasteiger partial charge in [0.15, 0.2) is 0 Å². The van der Waals surface area contributed by atoms with Gasteiger partial charge in [-0.05, 0) is 6.42 Å². The first-order valence-corrected chi connectivity index (χ1v) is 5.11. The predicted molar refractivity (Wildman–Crippen MR) is 53.7 cm³/mol. The van der Waals surface area contributed by atoms with E-state index < -0.39 is 17.8 Å². The molecule has 3 N–H and O–H groups in total. The van der Waals surface area contributed by atoms with Crippen LogP contribution in [0.1, 0.15) is 45.4 Å². The zero-order chi connectivity index (χ0) is 11.0. The van der Waals surface area contributed by atoms with Crippen LogP contribution in [0, 0.1) is 5.92 Å². The second-order valence-corrected chi connectivity index (χ2v) is 3.50. The van der Waals surface area contributed by atoms with Crippen molar-refractivity contribution in [2.24, 2.45) is 11.7 Å². The van der Waals surface area contributed by atoms with Crippen LogP contribution in [0.25, 0.3) is 0 Å². The van der Waals surface area contributed by atoms with Gasteiger partial charge >= 0.3 is 5.97 Å². The number of carbonyl (C=O) groups is 2. The molecule has 0 aliphatic rings. The van der Waals surface area contributed by atoms with E-state index in [4.69, 9.17) is 10.8 Å². The number of nitrogens with two attached hydrogens (primary N) is 1. The molecule has 0 heterocycles. The molecule has 4 nitrogen and oxygen atoms in total. The molecule has 0 fully saturated rings. The minimum atomic E-state index is -1.10. The minimum Gasteiger partial charge on any atom is -0.481 e. The van der Waals surface area contributed by atoms with Crippen molar-refractivity contribution in [1.29, 1.82) is 0 Å². The lowest BCUT2D eigenvalue weighted by atomic mass is 10.00. The fourth-order valence-electron chi connectivity index (χ4n) is 1.34. The summed E-state index contributed by atoms with van der Waals surface area (Å²) in [6, 6.07) is 0. The van der Waals surface area contributed by atoms with Gasteiger partial charge in [-0.1, -0.05) is 39.0 Å². The Morgan fingerprint density at radius 3 is 2.21 bits per heavy atom. The molecule has 0 aromatic carbocycles. The zero-order valence-corrected chi connectivity index (χ0v) is 8.66. The van der Waals surface area contributed by atoms with Gasteiger partial charge in [-0.25, -0.2) is 0 Å². The summed E-state index contributed by atoms with van der Waals surface area (Å²) in [5, 5.41) is 8.65. The van der Waals surface area contributed by atoms with E-state index in [2.05, 4.69) is 6.92 Å². The van der Waals surface area contributed by atoms with Gasteiger partial charge in [-0.2, -0.15) is 0 Å². The summed E-state index contributed by atoms with van der Waals surface area (Å²) >= 11 is 0. The van der Waals surface area contributed by atoms with E-state index in [1.807, 2.05) is 0 Å². The van der Waals surface area contributed by atoms with Gasteiger partial charge in [0.05, 0.1) is 0 Å². The van der Waals surface area contributed by atoms with Crippen molar-refractivity contribution in [3.05, 3.63) is 0 Å². The van der Waals surface area contributed by atoms with Crippen LogP contribution in [0.3, 0.4) is 0 Å². The second-order valence-electron chi connectivity index (χ2n) is 3.50. The molecule has 1 amide bonds.